The highest BCUT2D eigenvalue weighted by Gasteiger charge is 2.65. The average molecular weight is 409 g/mol. The Balaban J connectivity index is 1.59. The van der Waals surface area contributed by atoms with Gasteiger partial charge in [-0.3, -0.25) is 4.79 Å². The molecule has 0 aromatic carbocycles. The van der Waals surface area contributed by atoms with Crippen LogP contribution in [0.5, 0.6) is 0 Å². The number of hydrogen-bond donors (Lipinski definition) is 4. The van der Waals surface area contributed by atoms with Crippen molar-refractivity contribution in [3.05, 3.63) is 0 Å². The van der Waals surface area contributed by atoms with Gasteiger partial charge in [-0.25, -0.2) is 0 Å². The Labute approximate surface area is 174 Å². The third-order valence-electron chi connectivity index (χ3n) is 10.4. The molecule has 5 nitrogen and oxygen atoms in total. The smallest absolute Gasteiger partial charge is 0.303 e. The van der Waals surface area contributed by atoms with Gasteiger partial charge in [-0.05, 0) is 97.7 Å². The number of carbonyl (C=O) groups is 1. The molecule has 0 heterocycles. The van der Waals surface area contributed by atoms with Crippen LogP contribution in [0.4, 0.5) is 0 Å². The second kappa shape index (κ2) is 7.49. The first-order chi connectivity index (χ1) is 13.6. The number of carboxylic acid groups (broad SMARTS) is 1. The van der Waals surface area contributed by atoms with Gasteiger partial charge in [0.1, 0.15) is 0 Å². The van der Waals surface area contributed by atoms with Crippen molar-refractivity contribution in [3.8, 4) is 0 Å². The summed E-state index contributed by atoms with van der Waals surface area (Å²) in [5.74, 6) is 1.55. The lowest BCUT2D eigenvalue weighted by atomic mass is 9.43. The van der Waals surface area contributed by atoms with Crippen molar-refractivity contribution in [1.29, 1.82) is 0 Å². The Bertz CT molecular complexity index is 637. The molecule has 11 atom stereocenters. The van der Waals surface area contributed by atoms with Crippen LogP contribution in [0.15, 0.2) is 0 Å². The van der Waals surface area contributed by atoms with Gasteiger partial charge in [-0.2, -0.15) is 0 Å². The second-order valence-corrected chi connectivity index (χ2v) is 11.4. The summed E-state index contributed by atoms with van der Waals surface area (Å²) in [6.45, 7) is 6.66. The fraction of sp³-hybridized carbons (Fsp3) is 0.958. The van der Waals surface area contributed by atoms with Gasteiger partial charge < -0.3 is 20.4 Å². The average Bonchev–Trinajstić information content (AvgIpc) is 3.01. The largest absolute Gasteiger partial charge is 0.481 e. The van der Waals surface area contributed by atoms with E-state index in [1.165, 1.54) is 0 Å². The molecular weight excluding hydrogens is 368 g/mol. The standard InChI is InChI=1S/C24H40O5/c1-13(4-9-22(28)29)17-7-8-18-16-6-5-14-10-15(25)11-20(26)23(14,2)19(16)12-21(27)24(17,18)3/h13-21,25-27H,4-12H2,1-3H3,(H,28,29)/t13-,14-,15+,16+,17-,18+,19+,20-,21+,23+,24-/m1/s1. The minimum atomic E-state index is -0.736. The molecule has 4 aliphatic rings. The van der Waals surface area contributed by atoms with Crippen molar-refractivity contribution < 1.29 is 25.2 Å². The molecule has 4 fully saturated rings. The van der Waals surface area contributed by atoms with Gasteiger partial charge in [0, 0.05) is 6.42 Å². The molecule has 0 amide bonds. The summed E-state index contributed by atoms with van der Waals surface area (Å²) in [5, 5.41) is 41.8. The minimum Gasteiger partial charge on any atom is -0.481 e. The topological polar surface area (TPSA) is 98.0 Å². The van der Waals surface area contributed by atoms with Crippen LogP contribution in [0.3, 0.4) is 0 Å². The van der Waals surface area contributed by atoms with Crippen LogP contribution in [-0.2, 0) is 4.79 Å². The third kappa shape index (κ3) is 3.18. The molecule has 4 saturated carbocycles. The molecule has 0 spiro atoms. The van der Waals surface area contributed by atoms with Crippen molar-refractivity contribution in [3.63, 3.8) is 0 Å². The lowest BCUT2D eigenvalue weighted by Gasteiger charge is -2.63. The molecular formula is C24H40O5. The Kier molecular flexibility index (Phi) is 5.57. The summed E-state index contributed by atoms with van der Waals surface area (Å²) in [7, 11) is 0. The monoisotopic (exact) mass is 408 g/mol. The van der Waals surface area contributed by atoms with E-state index in [4.69, 9.17) is 5.11 Å². The molecule has 4 aliphatic carbocycles. The van der Waals surface area contributed by atoms with Gasteiger partial charge in [0.25, 0.3) is 0 Å². The zero-order chi connectivity index (χ0) is 21.1. The number of aliphatic hydroxyl groups is 3. The summed E-state index contributed by atoms with van der Waals surface area (Å²) in [5.41, 5.74) is -0.362. The summed E-state index contributed by atoms with van der Waals surface area (Å²) in [6.07, 6.45) is 5.95. The Morgan fingerprint density at radius 1 is 0.931 bits per heavy atom. The van der Waals surface area contributed by atoms with Gasteiger partial charge in [0.15, 0.2) is 0 Å². The zero-order valence-corrected chi connectivity index (χ0v) is 18.3. The van der Waals surface area contributed by atoms with Crippen LogP contribution in [0.1, 0.15) is 78.6 Å². The van der Waals surface area contributed by atoms with Crippen molar-refractivity contribution >= 4 is 5.97 Å². The van der Waals surface area contributed by atoms with Crippen molar-refractivity contribution in [2.75, 3.05) is 0 Å². The summed E-state index contributed by atoms with van der Waals surface area (Å²) in [4.78, 5) is 11.1. The van der Waals surface area contributed by atoms with E-state index >= 15 is 0 Å². The number of hydrogen-bond acceptors (Lipinski definition) is 4. The Morgan fingerprint density at radius 2 is 1.62 bits per heavy atom. The van der Waals surface area contributed by atoms with Crippen molar-refractivity contribution in [2.45, 2.75) is 96.9 Å². The van der Waals surface area contributed by atoms with E-state index in [0.717, 1.165) is 38.5 Å². The highest BCUT2D eigenvalue weighted by atomic mass is 16.4. The van der Waals surface area contributed by atoms with Gasteiger partial charge in [-0.1, -0.05) is 20.8 Å². The van der Waals surface area contributed by atoms with E-state index in [2.05, 4.69) is 20.8 Å². The molecule has 166 valence electrons. The minimum absolute atomic E-state index is 0.151. The van der Waals surface area contributed by atoms with Gasteiger partial charge in [0.05, 0.1) is 18.3 Å². The summed E-state index contributed by atoms with van der Waals surface area (Å²) < 4.78 is 0. The summed E-state index contributed by atoms with van der Waals surface area (Å²) in [6, 6.07) is 0. The first-order valence-electron chi connectivity index (χ1n) is 11.9. The zero-order valence-electron chi connectivity index (χ0n) is 18.3. The molecule has 0 aromatic rings. The highest BCUT2D eigenvalue weighted by molar-refractivity contribution is 5.66. The van der Waals surface area contributed by atoms with Crippen LogP contribution in [0, 0.1) is 46.3 Å². The predicted octanol–water partition coefficient (Wildman–Crippen LogP) is 3.45. The van der Waals surface area contributed by atoms with Crippen molar-refractivity contribution in [2.24, 2.45) is 46.3 Å². The fourth-order valence-corrected chi connectivity index (χ4v) is 8.78. The maximum Gasteiger partial charge on any atom is 0.303 e. The molecule has 5 heteroatoms. The molecule has 0 radical (unpaired) electrons. The number of carboxylic acids is 1. The van der Waals surface area contributed by atoms with Crippen molar-refractivity contribution in [1.82, 2.24) is 0 Å². The lowest BCUT2D eigenvalue weighted by Crippen LogP contribution is -2.62. The van der Waals surface area contributed by atoms with Gasteiger partial charge in [-0.15, -0.1) is 0 Å². The maximum absolute atomic E-state index is 11.5. The Hall–Kier alpha value is -0.650. The van der Waals surface area contributed by atoms with E-state index in [0.29, 0.717) is 48.3 Å². The first-order valence-corrected chi connectivity index (χ1v) is 11.9. The van der Waals surface area contributed by atoms with Gasteiger partial charge in [0.2, 0.25) is 0 Å². The molecule has 0 aromatic heterocycles. The normalized spacial score (nSPS) is 52.9. The highest BCUT2D eigenvalue weighted by Crippen LogP contribution is 2.68. The number of aliphatic hydroxyl groups excluding tert-OH is 3. The quantitative estimate of drug-likeness (QED) is 0.571. The Morgan fingerprint density at radius 3 is 2.31 bits per heavy atom. The van der Waals surface area contributed by atoms with E-state index in [-0.39, 0.29) is 17.3 Å². The van der Waals surface area contributed by atoms with E-state index in [1.54, 1.807) is 0 Å². The van der Waals surface area contributed by atoms with Crippen LogP contribution in [-0.4, -0.2) is 44.7 Å². The first kappa shape index (κ1) is 21.6. The predicted molar refractivity (Wildman–Crippen MR) is 110 cm³/mol. The number of aliphatic carboxylic acids is 1. The maximum atomic E-state index is 11.5. The third-order valence-corrected chi connectivity index (χ3v) is 10.4. The fourth-order valence-electron chi connectivity index (χ4n) is 8.78. The van der Waals surface area contributed by atoms with E-state index < -0.39 is 24.3 Å². The molecule has 4 N–H and O–H groups in total. The van der Waals surface area contributed by atoms with E-state index in [9.17, 15) is 20.1 Å². The van der Waals surface area contributed by atoms with E-state index in [1.807, 2.05) is 0 Å². The van der Waals surface area contributed by atoms with Crippen LogP contribution in [0.2, 0.25) is 0 Å². The second-order valence-electron chi connectivity index (χ2n) is 11.4. The molecule has 0 bridgehead atoms. The number of rotatable bonds is 4. The molecule has 29 heavy (non-hydrogen) atoms. The molecule has 0 aliphatic heterocycles. The van der Waals surface area contributed by atoms with Crippen LogP contribution >= 0.6 is 0 Å². The van der Waals surface area contributed by atoms with Crippen LogP contribution < -0.4 is 0 Å². The van der Waals surface area contributed by atoms with Gasteiger partial charge >= 0.3 is 5.97 Å². The molecule has 0 saturated heterocycles. The summed E-state index contributed by atoms with van der Waals surface area (Å²) >= 11 is 0. The lowest BCUT2D eigenvalue weighted by molar-refractivity contribution is -0.207. The molecule has 4 rings (SSSR count). The SMILES string of the molecule is C[C@H](CCC(=O)O)[C@H]1CC[C@H]2[C@@H]3CC[C@@H]4C[C@H](O)C[C@@H](O)[C@]4(C)[C@H]3C[C@H](O)[C@]12C. The number of fused-ring (bicyclic) bond motifs is 5. The molecule has 0 unspecified atom stereocenters. The van der Waals surface area contributed by atoms with Crippen LogP contribution in [0.25, 0.3) is 0 Å².